The predicted molar refractivity (Wildman–Crippen MR) is 74.6 cm³/mol. The highest BCUT2D eigenvalue weighted by molar-refractivity contribution is 7.86. The highest BCUT2D eigenvalue weighted by Crippen LogP contribution is 2.22. The maximum atomic E-state index is 12.6. The van der Waals surface area contributed by atoms with Crippen LogP contribution in [-0.4, -0.2) is 67.5 Å². The Balaban J connectivity index is 2.75. The monoisotopic (exact) mass is 308 g/mol. The first-order chi connectivity index (χ1) is 9.34. The third-order valence-corrected chi connectivity index (χ3v) is 5.87. The normalized spacial score (nSPS) is 20.2. The Kier molecular flexibility index (Phi) is 6.38. The molecular formula is C12H24N2O5S. The van der Waals surface area contributed by atoms with Crippen LogP contribution in [-0.2, 0) is 19.7 Å². The molecule has 1 rings (SSSR count). The van der Waals surface area contributed by atoms with Crippen molar-refractivity contribution in [2.24, 2.45) is 5.92 Å². The molecule has 0 bridgehead atoms. The third kappa shape index (κ3) is 3.91. The van der Waals surface area contributed by atoms with E-state index in [0.717, 1.165) is 0 Å². The third-order valence-electron chi connectivity index (χ3n) is 3.64. The number of likely N-dealkylation sites (N-methyl/N-ethyl adjacent to an activating group) is 1. The smallest absolute Gasteiger partial charge is 0.306 e. The molecule has 0 spiro atoms. The van der Waals surface area contributed by atoms with Gasteiger partial charge < -0.3 is 9.84 Å². The van der Waals surface area contributed by atoms with Crippen LogP contribution in [0.3, 0.4) is 0 Å². The molecule has 1 atom stereocenters. The van der Waals surface area contributed by atoms with Crippen LogP contribution in [0.5, 0.6) is 0 Å². The molecular weight excluding hydrogens is 284 g/mol. The molecule has 0 radical (unpaired) electrons. The van der Waals surface area contributed by atoms with Crippen LogP contribution >= 0.6 is 0 Å². The van der Waals surface area contributed by atoms with Crippen molar-refractivity contribution in [2.45, 2.75) is 32.7 Å². The Morgan fingerprint density at radius 3 is 2.40 bits per heavy atom. The Morgan fingerprint density at radius 1 is 1.45 bits per heavy atom. The molecule has 7 nitrogen and oxygen atoms in total. The van der Waals surface area contributed by atoms with E-state index in [4.69, 9.17) is 9.84 Å². The first-order valence-electron chi connectivity index (χ1n) is 6.83. The first-order valence-corrected chi connectivity index (χ1v) is 8.22. The molecule has 1 heterocycles. The number of nitrogens with zero attached hydrogens (tertiary/aromatic N) is 2. The highest BCUT2D eigenvalue weighted by Gasteiger charge is 2.36. The van der Waals surface area contributed by atoms with Crippen molar-refractivity contribution in [1.29, 1.82) is 0 Å². The molecule has 20 heavy (non-hydrogen) atoms. The van der Waals surface area contributed by atoms with E-state index in [1.807, 2.05) is 0 Å². The van der Waals surface area contributed by atoms with E-state index < -0.39 is 22.1 Å². The number of carboxylic acids is 1. The summed E-state index contributed by atoms with van der Waals surface area (Å²) >= 11 is 0. The summed E-state index contributed by atoms with van der Waals surface area (Å²) in [5.41, 5.74) is 0. The Morgan fingerprint density at radius 2 is 2.00 bits per heavy atom. The Labute approximate surface area is 120 Å². The van der Waals surface area contributed by atoms with Crippen LogP contribution in [0.25, 0.3) is 0 Å². The fraction of sp³-hybridized carbons (Fsp3) is 0.917. The van der Waals surface area contributed by atoms with Gasteiger partial charge in [-0.1, -0.05) is 6.92 Å². The van der Waals surface area contributed by atoms with Crippen LogP contribution in [0, 0.1) is 5.92 Å². The Hall–Kier alpha value is -0.700. The summed E-state index contributed by atoms with van der Waals surface area (Å²) in [5, 5.41) is 8.95. The van der Waals surface area contributed by atoms with Gasteiger partial charge in [-0.15, -0.1) is 0 Å². The lowest BCUT2D eigenvalue weighted by Gasteiger charge is -2.35. The zero-order valence-corrected chi connectivity index (χ0v) is 13.1. The topological polar surface area (TPSA) is 87.2 Å². The van der Waals surface area contributed by atoms with E-state index in [1.54, 1.807) is 13.8 Å². The lowest BCUT2D eigenvalue weighted by Crippen LogP contribution is -2.51. The average Bonchev–Trinajstić information content (AvgIpc) is 2.39. The standard InChI is InChI=1S/C12H24N2O5S/c1-4-14(10(2)9-19-3)20(17,18)13-7-5-11(6-8-13)12(15)16/h10-11H,4-9H2,1-3H3,(H,15,16). The van der Waals surface area contributed by atoms with Crippen LogP contribution in [0.1, 0.15) is 26.7 Å². The van der Waals surface area contributed by atoms with Crippen molar-refractivity contribution in [1.82, 2.24) is 8.61 Å². The largest absolute Gasteiger partial charge is 0.481 e. The zero-order chi connectivity index (χ0) is 15.3. The number of hydrogen-bond donors (Lipinski definition) is 1. The predicted octanol–water partition coefficient (Wildman–Crippen LogP) is 0.385. The summed E-state index contributed by atoms with van der Waals surface area (Å²) in [6, 6.07) is -0.243. The van der Waals surface area contributed by atoms with E-state index in [0.29, 0.717) is 26.0 Å². The van der Waals surface area contributed by atoms with Crippen molar-refractivity contribution >= 4 is 16.2 Å². The number of ether oxygens (including phenoxy) is 1. The molecule has 0 aliphatic carbocycles. The summed E-state index contributed by atoms with van der Waals surface area (Å²) in [4.78, 5) is 10.9. The minimum Gasteiger partial charge on any atom is -0.481 e. The number of carbonyl (C=O) groups is 1. The molecule has 1 aliphatic rings. The minimum absolute atomic E-state index is 0.243. The fourth-order valence-electron chi connectivity index (χ4n) is 2.51. The summed E-state index contributed by atoms with van der Waals surface area (Å²) in [5.74, 6) is -1.28. The molecule has 1 N–H and O–H groups in total. The molecule has 0 aromatic carbocycles. The molecule has 8 heteroatoms. The molecule has 1 unspecified atom stereocenters. The van der Waals surface area contributed by atoms with Gasteiger partial charge in [-0.2, -0.15) is 17.0 Å². The zero-order valence-electron chi connectivity index (χ0n) is 12.3. The van der Waals surface area contributed by atoms with Gasteiger partial charge in [-0.05, 0) is 19.8 Å². The van der Waals surface area contributed by atoms with E-state index in [2.05, 4.69) is 0 Å². The van der Waals surface area contributed by atoms with Gasteiger partial charge in [0.1, 0.15) is 0 Å². The quantitative estimate of drug-likeness (QED) is 0.735. The van der Waals surface area contributed by atoms with Gasteiger partial charge in [0, 0.05) is 32.8 Å². The molecule has 0 amide bonds. The van der Waals surface area contributed by atoms with E-state index in [1.165, 1.54) is 15.7 Å². The van der Waals surface area contributed by atoms with Gasteiger partial charge in [-0.25, -0.2) is 0 Å². The number of carboxylic acid groups (broad SMARTS) is 1. The summed E-state index contributed by atoms with van der Waals surface area (Å²) < 4.78 is 32.9. The van der Waals surface area contributed by atoms with Crippen molar-refractivity contribution in [3.05, 3.63) is 0 Å². The first kappa shape index (κ1) is 17.4. The van der Waals surface area contributed by atoms with Gasteiger partial charge in [0.25, 0.3) is 10.2 Å². The molecule has 0 aromatic heterocycles. The van der Waals surface area contributed by atoms with E-state index in [9.17, 15) is 13.2 Å². The molecule has 0 aromatic rings. The second-order valence-electron chi connectivity index (χ2n) is 5.03. The fourth-order valence-corrected chi connectivity index (χ4v) is 4.32. The van der Waals surface area contributed by atoms with Crippen molar-refractivity contribution in [2.75, 3.05) is 33.4 Å². The minimum atomic E-state index is -3.55. The second-order valence-corrected chi connectivity index (χ2v) is 6.91. The summed E-state index contributed by atoms with van der Waals surface area (Å²) in [6.07, 6.45) is 0.732. The maximum Gasteiger partial charge on any atom is 0.306 e. The van der Waals surface area contributed by atoms with Gasteiger partial charge in [0.05, 0.1) is 12.5 Å². The molecule has 0 saturated carbocycles. The summed E-state index contributed by atoms with van der Waals surface area (Å²) in [7, 11) is -2.01. The van der Waals surface area contributed by atoms with E-state index in [-0.39, 0.29) is 19.1 Å². The van der Waals surface area contributed by atoms with Gasteiger partial charge in [0.15, 0.2) is 0 Å². The lowest BCUT2D eigenvalue weighted by atomic mass is 9.99. The van der Waals surface area contributed by atoms with Crippen LogP contribution in [0.2, 0.25) is 0 Å². The number of rotatable bonds is 7. The second kappa shape index (κ2) is 7.35. The summed E-state index contributed by atoms with van der Waals surface area (Å²) in [6.45, 7) is 4.80. The van der Waals surface area contributed by atoms with E-state index >= 15 is 0 Å². The molecule has 1 fully saturated rings. The van der Waals surface area contributed by atoms with Crippen molar-refractivity contribution < 1.29 is 23.1 Å². The van der Waals surface area contributed by atoms with Crippen molar-refractivity contribution in [3.8, 4) is 0 Å². The average molecular weight is 308 g/mol. The number of aliphatic carboxylic acids is 1. The van der Waals surface area contributed by atoms with Crippen LogP contribution in [0.15, 0.2) is 0 Å². The molecule has 1 saturated heterocycles. The number of piperidine rings is 1. The van der Waals surface area contributed by atoms with Crippen molar-refractivity contribution in [3.63, 3.8) is 0 Å². The lowest BCUT2D eigenvalue weighted by molar-refractivity contribution is -0.142. The maximum absolute atomic E-state index is 12.6. The molecule has 1 aliphatic heterocycles. The number of methoxy groups -OCH3 is 1. The SMILES string of the molecule is CCN(C(C)COC)S(=O)(=O)N1CCC(C(=O)O)CC1. The number of hydrogen-bond acceptors (Lipinski definition) is 4. The van der Waals surface area contributed by atoms with Gasteiger partial charge in [0.2, 0.25) is 0 Å². The van der Waals surface area contributed by atoms with Crippen LogP contribution < -0.4 is 0 Å². The Bertz CT molecular complexity index is 418. The van der Waals surface area contributed by atoms with Crippen LogP contribution in [0.4, 0.5) is 0 Å². The van der Waals surface area contributed by atoms with Gasteiger partial charge in [-0.3, -0.25) is 4.79 Å². The highest BCUT2D eigenvalue weighted by atomic mass is 32.2. The van der Waals surface area contributed by atoms with Gasteiger partial charge >= 0.3 is 5.97 Å². The molecule has 118 valence electrons.